The molecule has 0 bridgehead atoms. The Kier molecular flexibility index (Phi) is 6.35. The lowest BCUT2D eigenvalue weighted by Crippen LogP contribution is -2.55. The number of rotatable bonds is 5. The van der Waals surface area contributed by atoms with E-state index in [4.69, 9.17) is 15.9 Å². The van der Waals surface area contributed by atoms with E-state index in [1.54, 1.807) is 6.07 Å². The molecule has 1 heterocycles. The molecule has 5 atom stereocenters. The number of ether oxygens (including phenoxy) is 2. The minimum atomic E-state index is -1.44. The van der Waals surface area contributed by atoms with Crippen molar-refractivity contribution in [2.45, 2.75) is 36.9 Å². The molecule has 1 aliphatic heterocycles. The first-order valence-electron chi connectivity index (χ1n) is 9.01. The maximum absolute atomic E-state index is 10.4. The predicted molar refractivity (Wildman–Crippen MR) is 103 cm³/mol. The van der Waals surface area contributed by atoms with Crippen LogP contribution in [-0.4, -0.2) is 58.6 Å². The molecule has 0 aliphatic carbocycles. The second-order valence-electron chi connectivity index (χ2n) is 6.84. The van der Waals surface area contributed by atoms with Gasteiger partial charge in [0.1, 0.15) is 36.3 Å². The molecule has 1 fully saturated rings. The van der Waals surface area contributed by atoms with Crippen LogP contribution in [0.1, 0.15) is 28.4 Å². The zero-order chi connectivity index (χ0) is 20.3. The smallest absolute Gasteiger partial charge is 0.124 e. The molecule has 6 heteroatoms. The molecule has 0 radical (unpaired) electrons. The SMILES string of the molecule is C#Cc1ccc(Cc2ccc(OC)c([C@@H]3O[C@H](CO)[C@@H](O)[C@H](O)[C@H]3O)c2)cc1. The Morgan fingerprint density at radius 1 is 1.00 bits per heavy atom. The predicted octanol–water partition coefficient (Wildman–Crippen LogP) is 0.782. The van der Waals surface area contributed by atoms with E-state index < -0.39 is 37.1 Å². The normalized spacial score (nSPS) is 27.2. The zero-order valence-electron chi connectivity index (χ0n) is 15.5. The van der Waals surface area contributed by atoms with E-state index in [1.165, 1.54) is 7.11 Å². The van der Waals surface area contributed by atoms with Crippen molar-refractivity contribution in [1.82, 2.24) is 0 Å². The monoisotopic (exact) mass is 384 g/mol. The summed E-state index contributed by atoms with van der Waals surface area (Å²) < 4.78 is 11.1. The number of hydrogen-bond donors (Lipinski definition) is 4. The van der Waals surface area contributed by atoms with Gasteiger partial charge in [0.15, 0.2) is 0 Å². The largest absolute Gasteiger partial charge is 0.496 e. The fourth-order valence-electron chi connectivity index (χ4n) is 3.43. The molecule has 0 amide bonds. The van der Waals surface area contributed by atoms with Gasteiger partial charge >= 0.3 is 0 Å². The van der Waals surface area contributed by atoms with Gasteiger partial charge in [-0.1, -0.05) is 24.1 Å². The topological polar surface area (TPSA) is 99.4 Å². The Morgan fingerprint density at radius 3 is 2.29 bits per heavy atom. The van der Waals surface area contributed by atoms with Crippen LogP contribution in [0.5, 0.6) is 5.75 Å². The van der Waals surface area contributed by atoms with E-state index in [0.29, 0.717) is 17.7 Å². The minimum Gasteiger partial charge on any atom is -0.496 e. The van der Waals surface area contributed by atoms with Gasteiger partial charge in [0.25, 0.3) is 0 Å². The summed E-state index contributed by atoms with van der Waals surface area (Å²) in [5, 5.41) is 40.0. The van der Waals surface area contributed by atoms with Crippen LogP contribution in [0, 0.1) is 12.3 Å². The summed E-state index contributed by atoms with van der Waals surface area (Å²) in [6.07, 6.45) is -0.129. The van der Waals surface area contributed by atoms with Crippen molar-refractivity contribution in [3.8, 4) is 18.1 Å². The lowest BCUT2D eigenvalue weighted by Gasteiger charge is -2.40. The van der Waals surface area contributed by atoms with Gasteiger partial charge in [-0.25, -0.2) is 0 Å². The Labute approximate surface area is 164 Å². The average molecular weight is 384 g/mol. The van der Waals surface area contributed by atoms with E-state index in [1.807, 2.05) is 36.4 Å². The quantitative estimate of drug-likeness (QED) is 0.569. The Morgan fingerprint density at radius 2 is 1.68 bits per heavy atom. The highest BCUT2D eigenvalue weighted by atomic mass is 16.5. The molecule has 6 nitrogen and oxygen atoms in total. The van der Waals surface area contributed by atoms with Crippen LogP contribution in [0.4, 0.5) is 0 Å². The average Bonchev–Trinajstić information content (AvgIpc) is 2.73. The van der Waals surface area contributed by atoms with Crippen LogP contribution in [0.25, 0.3) is 0 Å². The molecule has 3 rings (SSSR count). The maximum Gasteiger partial charge on any atom is 0.124 e. The molecule has 0 spiro atoms. The third-order valence-corrected chi connectivity index (χ3v) is 5.02. The van der Waals surface area contributed by atoms with Crippen LogP contribution in [0.2, 0.25) is 0 Å². The Bertz CT molecular complexity index is 839. The van der Waals surface area contributed by atoms with E-state index in [-0.39, 0.29) is 0 Å². The Hall–Kier alpha value is -2.40. The highest BCUT2D eigenvalue weighted by Gasteiger charge is 2.44. The highest BCUT2D eigenvalue weighted by Crippen LogP contribution is 2.37. The summed E-state index contributed by atoms with van der Waals surface area (Å²) in [7, 11) is 1.50. The van der Waals surface area contributed by atoms with Gasteiger partial charge in [0, 0.05) is 11.1 Å². The lowest BCUT2D eigenvalue weighted by atomic mass is 9.89. The van der Waals surface area contributed by atoms with Gasteiger partial charge in [-0.15, -0.1) is 6.42 Å². The molecule has 4 N–H and O–H groups in total. The maximum atomic E-state index is 10.4. The first kappa shape index (κ1) is 20.3. The molecule has 0 unspecified atom stereocenters. The van der Waals surface area contributed by atoms with Crippen molar-refractivity contribution < 1.29 is 29.9 Å². The first-order valence-corrected chi connectivity index (χ1v) is 9.01. The molecular weight excluding hydrogens is 360 g/mol. The summed E-state index contributed by atoms with van der Waals surface area (Å²) in [6.45, 7) is -0.481. The van der Waals surface area contributed by atoms with Crippen molar-refractivity contribution >= 4 is 0 Å². The van der Waals surface area contributed by atoms with Gasteiger partial charge in [0.05, 0.1) is 13.7 Å². The molecule has 148 valence electrons. The van der Waals surface area contributed by atoms with Crippen LogP contribution >= 0.6 is 0 Å². The zero-order valence-corrected chi connectivity index (χ0v) is 15.5. The number of aliphatic hydroxyl groups is 4. The van der Waals surface area contributed by atoms with Crippen LogP contribution in [0.3, 0.4) is 0 Å². The lowest BCUT2D eigenvalue weighted by molar-refractivity contribution is -0.232. The summed E-state index contributed by atoms with van der Waals surface area (Å²) in [6, 6.07) is 13.2. The highest BCUT2D eigenvalue weighted by molar-refractivity contribution is 5.42. The Balaban J connectivity index is 1.91. The molecule has 28 heavy (non-hydrogen) atoms. The van der Waals surface area contributed by atoms with E-state index in [2.05, 4.69) is 5.92 Å². The van der Waals surface area contributed by atoms with E-state index >= 15 is 0 Å². The van der Waals surface area contributed by atoms with Crippen molar-refractivity contribution in [3.05, 3.63) is 64.7 Å². The second-order valence-corrected chi connectivity index (χ2v) is 6.84. The van der Waals surface area contributed by atoms with Gasteiger partial charge < -0.3 is 29.9 Å². The van der Waals surface area contributed by atoms with Crippen LogP contribution < -0.4 is 4.74 Å². The van der Waals surface area contributed by atoms with E-state index in [0.717, 1.165) is 16.7 Å². The summed E-state index contributed by atoms with van der Waals surface area (Å²) in [5.41, 5.74) is 3.35. The molecule has 1 aliphatic rings. The van der Waals surface area contributed by atoms with Gasteiger partial charge in [-0.3, -0.25) is 0 Å². The van der Waals surface area contributed by atoms with Crippen LogP contribution in [-0.2, 0) is 11.2 Å². The standard InChI is InChI=1S/C22H24O6/c1-3-13-4-6-14(7-5-13)10-15-8-9-17(27-2)16(11-15)22-21(26)20(25)19(24)18(12-23)28-22/h1,4-9,11,18-26H,10,12H2,2H3/t18-,19-,20+,21-,22+/m1/s1. The van der Waals surface area contributed by atoms with E-state index in [9.17, 15) is 20.4 Å². The summed E-state index contributed by atoms with van der Waals surface area (Å²) in [5.74, 6) is 3.06. The van der Waals surface area contributed by atoms with Gasteiger partial charge in [-0.05, 0) is 41.8 Å². The summed E-state index contributed by atoms with van der Waals surface area (Å²) >= 11 is 0. The van der Waals surface area contributed by atoms with Crippen molar-refractivity contribution in [3.63, 3.8) is 0 Å². The van der Waals surface area contributed by atoms with Crippen molar-refractivity contribution in [2.75, 3.05) is 13.7 Å². The molecule has 0 aromatic heterocycles. The number of terminal acetylenes is 1. The number of benzene rings is 2. The third-order valence-electron chi connectivity index (χ3n) is 5.02. The first-order chi connectivity index (χ1) is 13.5. The van der Waals surface area contributed by atoms with Gasteiger partial charge in [0.2, 0.25) is 0 Å². The molecule has 0 saturated carbocycles. The van der Waals surface area contributed by atoms with Gasteiger partial charge in [-0.2, -0.15) is 0 Å². The molecular formula is C22H24O6. The fraction of sp³-hybridized carbons (Fsp3) is 0.364. The van der Waals surface area contributed by atoms with Crippen molar-refractivity contribution in [2.24, 2.45) is 0 Å². The molecule has 1 saturated heterocycles. The molecule has 2 aromatic carbocycles. The fourth-order valence-corrected chi connectivity index (χ4v) is 3.43. The second kappa shape index (κ2) is 8.74. The van der Waals surface area contributed by atoms with Crippen LogP contribution in [0.15, 0.2) is 42.5 Å². The third kappa shape index (κ3) is 4.04. The number of hydrogen-bond acceptors (Lipinski definition) is 6. The number of methoxy groups -OCH3 is 1. The number of aliphatic hydroxyl groups excluding tert-OH is 4. The van der Waals surface area contributed by atoms with Crippen molar-refractivity contribution in [1.29, 1.82) is 0 Å². The summed E-state index contributed by atoms with van der Waals surface area (Å²) in [4.78, 5) is 0. The molecule has 2 aromatic rings. The minimum absolute atomic E-state index is 0.481.